The number of hydrogen-bond donors (Lipinski definition) is 2. The number of carbonyl (C=O) groups excluding carboxylic acids is 1. The van der Waals surface area contributed by atoms with Crippen LogP contribution >= 0.6 is 11.3 Å². The molecule has 0 aliphatic heterocycles. The van der Waals surface area contributed by atoms with E-state index in [0.717, 1.165) is 17.0 Å². The number of amides is 1. The first-order valence-corrected chi connectivity index (χ1v) is 7.80. The monoisotopic (exact) mass is 296 g/mol. The van der Waals surface area contributed by atoms with E-state index in [1.165, 1.54) is 11.3 Å². The molecule has 5 nitrogen and oxygen atoms in total. The van der Waals surface area contributed by atoms with E-state index in [-0.39, 0.29) is 5.91 Å². The van der Waals surface area contributed by atoms with Gasteiger partial charge in [-0.3, -0.25) is 9.59 Å². The van der Waals surface area contributed by atoms with Crippen LogP contribution in [0.2, 0.25) is 0 Å². The number of nitrogens with one attached hydrogen (secondary N) is 1. The maximum Gasteiger partial charge on any atom is 0.307 e. The van der Waals surface area contributed by atoms with E-state index in [2.05, 4.69) is 10.3 Å². The highest BCUT2D eigenvalue weighted by atomic mass is 32.1. The largest absolute Gasteiger partial charge is 0.481 e. The van der Waals surface area contributed by atoms with Gasteiger partial charge in [0.15, 0.2) is 0 Å². The van der Waals surface area contributed by atoms with Crippen LogP contribution in [0.15, 0.2) is 5.51 Å². The third-order valence-corrected chi connectivity index (χ3v) is 5.09. The number of aromatic nitrogens is 1. The summed E-state index contributed by atoms with van der Waals surface area (Å²) in [6.45, 7) is 4.39. The van der Waals surface area contributed by atoms with Crippen molar-refractivity contribution in [1.29, 1.82) is 0 Å². The molecule has 110 valence electrons. The van der Waals surface area contributed by atoms with Gasteiger partial charge in [0, 0.05) is 4.88 Å². The number of carboxylic acids is 1. The summed E-state index contributed by atoms with van der Waals surface area (Å²) in [6.07, 6.45) is 2.23. The van der Waals surface area contributed by atoms with Gasteiger partial charge in [-0.1, -0.05) is 13.3 Å². The fraction of sp³-hybridized carbons (Fsp3) is 0.643. The lowest BCUT2D eigenvalue weighted by Gasteiger charge is -2.15. The van der Waals surface area contributed by atoms with E-state index in [1.807, 2.05) is 13.8 Å². The predicted molar refractivity (Wildman–Crippen MR) is 76.3 cm³/mol. The summed E-state index contributed by atoms with van der Waals surface area (Å²) < 4.78 is 0. The van der Waals surface area contributed by atoms with E-state index in [4.69, 9.17) is 0 Å². The van der Waals surface area contributed by atoms with Crippen LogP contribution in [0.1, 0.15) is 36.8 Å². The van der Waals surface area contributed by atoms with Crippen molar-refractivity contribution in [3.8, 4) is 0 Å². The number of carbonyl (C=O) groups is 2. The molecule has 1 aromatic heterocycles. The summed E-state index contributed by atoms with van der Waals surface area (Å²) >= 11 is 1.50. The second-order valence-electron chi connectivity index (χ2n) is 5.38. The Hall–Kier alpha value is -1.43. The van der Waals surface area contributed by atoms with E-state index in [1.54, 1.807) is 5.51 Å². The van der Waals surface area contributed by atoms with Crippen LogP contribution in [-0.4, -0.2) is 22.0 Å². The van der Waals surface area contributed by atoms with Crippen molar-refractivity contribution >= 4 is 23.2 Å². The fourth-order valence-electron chi connectivity index (χ4n) is 2.83. The molecular weight excluding hydrogens is 276 g/mol. The first kappa shape index (κ1) is 15.0. The Balaban J connectivity index is 1.97. The first-order chi connectivity index (χ1) is 9.52. The van der Waals surface area contributed by atoms with Gasteiger partial charge in [0.05, 0.1) is 29.6 Å². The standard InChI is InChI=1S/C14H20N2O3S/c1-3-9-4-10(11(5-9)14(18)19)13(17)15-6-12-8(2)16-7-20-12/h7,9-11H,3-6H2,1-2H3,(H,15,17)(H,18,19)/t9?,10-,11+/m0/s1. The van der Waals surface area contributed by atoms with Gasteiger partial charge in [0.1, 0.15) is 0 Å². The molecule has 1 aliphatic carbocycles. The van der Waals surface area contributed by atoms with Gasteiger partial charge in [-0.05, 0) is 25.7 Å². The average molecular weight is 296 g/mol. The Morgan fingerprint density at radius 3 is 2.70 bits per heavy atom. The highest BCUT2D eigenvalue weighted by Gasteiger charge is 2.41. The van der Waals surface area contributed by atoms with Crippen LogP contribution in [0.4, 0.5) is 0 Å². The summed E-state index contributed by atoms with van der Waals surface area (Å²) in [5.74, 6) is -1.58. The Morgan fingerprint density at radius 1 is 1.45 bits per heavy atom. The number of aliphatic carboxylic acids is 1. The predicted octanol–water partition coefficient (Wildman–Crippen LogP) is 2.20. The molecule has 3 atom stereocenters. The molecule has 2 N–H and O–H groups in total. The van der Waals surface area contributed by atoms with E-state index in [9.17, 15) is 14.7 Å². The lowest BCUT2D eigenvalue weighted by molar-refractivity contribution is -0.146. The van der Waals surface area contributed by atoms with Crippen LogP contribution in [-0.2, 0) is 16.1 Å². The van der Waals surface area contributed by atoms with Crippen LogP contribution in [0, 0.1) is 24.7 Å². The first-order valence-electron chi connectivity index (χ1n) is 6.92. The number of rotatable bonds is 5. The molecule has 0 saturated heterocycles. The molecule has 0 radical (unpaired) electrons. The van der Waals surface area contributed by atoms with E-state index in [0.29, 0.717) is 25.3 Å². The van der Waals surface area contributed by atoms with Crippen LogP contribution in [0.5, 0.6) is 0 Å². The maximum atomic E-state index is 12.2. The number of hydrogen-bond acceptors (Lipinski definition) is 4. The van der Waals surface area contributed by atoms with Crippen LogP contribution in [0.3, 0.4) is 0 Å². The third kappa shape index (κ3) is 3.17. The Kier molecular flexibility index (Phi) is 4.75. The fourth-order valence-corrected chi connectivity index (χ4v) is 3.55. The van der Waals surface area contributed by atoms with Gasteiger partial charge >= 0.3 is 5.97 Å². The summed E-state index contributed by atoms with van der Waals surface area (Å²) in [6, 6.07) is 0. The molecule has 1 unspecified atom stereocenters. The van der Waals surface area contributed by atoms with Gasteiger partial charge in [-0.2, -0.15) is 0 Å². The van der Waals surface area contributed by atoms with Crippen molar-refractivity contribution < 1.29 is 14.7 Å². The lowest BCUT2D eigenvalue weighted by atomic mass is 9.95. The second-order valence-corrected chi connectivity index (χ2v) is 6.31. The van der Waals surface area contributed by atoms with Gasteiger partial charge in [-0.15, -0.1) is 11.3 Å². The average Bonchev–Trinajstić information content (AvgIpc) is 3.02. The highest BCUT2D eigenvalue weighted by Crippen LogP contribution is 2.38. The van der Waals surface area contributed by atoms with Gasteiger partial charge in [-0.25, -0.2) is 4.98 Å². The quantitative estimate of drug-likeness (QED) is 0.873. The third-order valence-electron chi connectivity index (χ3n) is 4.16. The van der Waals surface area contributed by atoms with Crippen LogP contribution in [0.25, 0.3) is 0 Å². The van der Waals surface area contributed by atoms with Crippen LogP contribution < -0.4 is 5.32 Å². The normalized spacial score (nSPS) is 25.6. The zero-order valence-electron chi connectivity index (χ0n) is 11.8. The minimum absolute atomic E-state index is 0.138. The molecule has 0 spiro atoms. The zero-order valence-corrected chi connectivity index (χ0v) is 12.6. The smallest absolute Gasteiger partial charge is 0.307 e. The molecule has 1 fully saturated rings. The minimum atomic E-state index is -0.852. The molecule has 20 heavy (non-hydrogen) atoms. The van der Waals surface area contributed by atoms with E-state index >= 15 is 0 Å². The summed E-state index contributed by atoms with van der Waals surface area (Å²) in [5, 5.41) is 12.1. The van der Waals surface area contributed by atoms with Gasteiger partial charge in [0.2, 0.25) is 5.91 Å². The van der Waals surface area contributed by atoms with Crippen molar-refractivity contribution in [3.05, 3.63) is 16.1 Å². The van der Waals surface area contributed by atoms with Crippen molar-refractivity contribution in [2.24, 2.45) is 17.8 Å². The molecule has 0 bridgehead atoms. The highest BCUT2D eigenvalue weighted by molar-refractivity contribution is 7.09. The number of nitrogens with zero attached hydrogens (tertiary/aromatic N) is 1. The Labute approximate surface area is 122 Å². The molecule has 0 aromatic carbocycles. The number of carboxylic acid groups (broad SMARTS) is 1. The zero-order chi connectivity index (χ0) is 14.7. The second kappa shape index (κ2) is 6.35. The molecule has 2 rings (SSSR count). The molecule has 1 saturated carbocycles. The topological polar surface area (TPSA) is 79.3 Å². The molecular formula is C14H20N2O3S. The molecule has 6 heteroatoms. The van der Waals surface area contributed by atoms with Crippen molar-refractivity contribution in [2.75, 3.05) is 0 Å². The lowest BCUT2D eigenvalue weighted by Crippen LogP contribution is -2.34. The summed E-state index contributed by atoms with van der Waals surface area (Å²) in [5.41, 5.74) is 2.67. The maximum absolute atomic E-state index is 12.2. The molecule has 1 heterocycles. The SMILES string of the molecule is CCC1C[C@H](C(=O)NCc2scnc2C)[C@H](C(=O)O)C1. The molecule has 1 aromatic rings. The number of thiazole rings is 1. The summed E-state index contributed by atoms with van der Waals surface area (Å²) in [4.78, 5) is 28.7. The molecule has 1 aliphatic rings. The summed E-state index contributed by atoms with van der Waals surface area (Å²) in [7, 11) is 0. The van der Waals surface area contributed by atoms with Crippen molar-refractivity contribution in [3.63, 3.8) is 0 Å². The molecule has 1 amide bonds. The van der Waals surface area contributed by atoms with Gasteiger partial charge < -0.3 is 10.4 Å². The Bertz CT molecular complexity index is 500. The number of aryl methyl sites for hydroxylation is 1. The van der Waals surface area contributed by atoms with Crippen molar-refractivity contribution in [1.82, 2.24) is 10.3 Å². The van der Waals surface area contributed by atoms with E-state index < -0.39 is 17.8 Å². The van der Waals surface area contributed by atoms with Crippen molar-refractivity contribution in [2.45, 2.75) is 39.7 Å². The van der Waals surface area contributed by atoms with Gasteiger partial charge in [0.25, 0.3) is 0 Å². The minimum Gasteiger partial charge on any atom is -0.481 e. The Morgan fingerprint density at radius 2 is 2.15 bits per heavy atom.